The maximum absolute atomic E-state index is 4.28. The molecular weight excluding hydrogens is 174 g/mol. The lowest BCUT2D eigenvalue weighted by Crippen LogP contribution is -2.14. The lowest BCUT2D eigenvalue weighted by atomic mass is 10.2. The number of hydrogen-bond donors (Lipinski definition) is 1. The lowest BCUT2D eigenvalue weighted by molar-refractivity contribution is 0.898. The third kappa shape index (κ3) is 1.62. The first-order valence-corrected chi connectivity index (χ1v) is 5.03. The van der Waals surface area contributed by atoms with Gasteiger partial charge >= 0.3 is 0 Å². The average Bonchev–Trinajstić information content (AvgIpc) is 2.66. The van der Waals surface area contributed by atoms with Gasteiger partial charge in [-0.1, -0.05) is 6.08 Å². The zero-order chi connectivity index (χ0) is 9.97. The summed E-state index contributed by atoms with van der Waals surface area (Å²) in [6.07, 6.45) is 6.91. The second-order valence-electron chi connectivity index (χ2n) is 3.67. The number of rotatable bonds is 3. The molecule has 74 valence electrons. The van der Waals surface area contributed by atoms with Gasteiger partial charge in [-0.2, -0.15) is 0 Å². The fourth-order valence-corrected chi connectivity index (χ4v) is 1.76. The Labute approximate surface area is 84.3 Å². The van der Waals surface area contributed by atoms with Crippen LogP contribution in [-0.4, -0.2) is 16.0 Å². The standard InChI is InChI=1S/C11H15N3/c1-3-8(2)14-11-9-5-4-6-10(9)12-7-13-11/h3,7-8H,1,4-6H2,2H3,(H,12,13,14). The van der Waals surface area contributed by atoms with Crippen molar-refractivity contribution in [1.82, 2.24) is 9.97 Å². The molecule has 0 radical (unpaired) electrons. The van der Waals surface area contributed by atoms with E-state index in [9.17, 15) is 0 Å². The molecule has 1 aliphatic carbocycles. The van der Waals surface area contributed by atoms with Crippen LogP contribution in [0.5, 0.6) is 0 Å². The van der Waals surface area contributed by atoms with E-state index in [0.29, 0.717) is 0 Å². The first kappa shape index (κ1) is 9.19. The second kappa shape index (κ2) is 3.78. The average molecular weight is 189 g/mol. The van der Waals surface area contributed by atoms with Crippen LogP contribution >= 0.6 is 0 Å². The molecule has 0 saturated carbocycles. The number of fused-ring (bicyclic) bond motifs is 1. The van der Waals surface area contributed by atoms with Crippen LogP contribution < -0.4 is 5.32 Å². The van der Waals surface area contributed by atoms with Crippen LogP contribution in [0.1, 0.15) is 24.6 Å². The van der Waals surface area contributed by atoms with Crippen LogP contribution in [0.4, 0.5) is 5.82 Å². The molecule has 1 unspecified atom stereocenters. The smallest absolute Gasteiger partial charge is 0.133 e. The molecule has 0 bridgehead atoms. The van der Waals surface area contributed by atoms with Crippen LogP contribution in [0.2, 0.25) is 0 Å². The molecule has 1 aromatic rings. The first-order chi connectivity index (χ1) is 6.81. The zero-order valence-corrected chi connectivity index (χ0v) is 8.45. The fraction of sp³-hybridized carbons (Fsp3) is 0.455. The van der Waals surface area contributed by atoms with Gasteiger partial charge in [-0.3, -0.25) is 0 Å². The minimum absolute atomic E-state index is 0.259. The second-order valence-corrected chi connectivity index (χ2v) is 3.67. The molecule has 1 aromatic heterocycles. The van der Waals surface area contributed by atoms with Crippen LogP contribution in [0.3, 0.4) is 0 Å². The molecule has 14 heavy (non-hydrogen) atoms. The summed E-state index contributed by atoms with van der Waals surface area (Å²) in [6.45, 7) is 5.81. The van der Waals surface area contributed by atoms with Gasteiger partial charge in [0.25, 0.3) is 0 Å². The zero-order valence-electron chi connectivity index (χ0n) is 8.45. The van der Waals surface area contributed by atoms with Crippen molar-refractivity contribution in [2.45, 2.75) is 32.2 Å². The van der Waals surface area contributed by atoms with Crippen molar-refractivity contribution in [3.63, 3.8) is 0 Å². The Hall–Kier alpha value is -1.38. The molecule has 1 atom stereocenters. The van der Waals surface area contributed by atoms with Gasteiger partial charge < -0.3 is 5.32 Å². The highest BCUT2D eigenvalue weighted by Crippen LogP contribution is 2.25. The molecule has 0 aliphatic heterocycles. The molecule has 0 aromatic carbocycles. The lowest BCUT2D eigenvalue weighted by Gasteiger charge is -2.12. The van der Waals surface area contributed by atoms with Gasteiger partial charge in [0.05, 0.1) is 0 Å². The topological polar surface area (TPSA) is 37.8 Å². The monoisotopic (exact) mass is 189 g/mol. The summed E-state index contributed by atoms with van der Waals surface area (Å²) < 4.78 is 0. The molecule has 1 aliphatic rings. The molecular formula is C11H15N3. The van der Waals surface area contributed by atoms with Crippen LogP contribution in [0, 0.1) is 0 Å². The van der Waals surface area contributed by atoms with Crippen molar-refractivity contribution in [2.75, 3.05) is 5.32 Å². The number of aryl methyl sites for hydroxylation is 1. The van der Waals surface area contributed by atoms with Gasteiger partial charge in [-0.15, -0.1) is 6.58 Å². The number of nitrogens with zero attached hydrogens (tertiary/aromatic N) is 2. The van der Waals surface area contributed by atoms with E-state index in [0.717, 1.165) is 18.7 Å². The molecule has 0 saturated heterocycles. The van der Waals surface area contributed by atoms with E-state index in [4.69, 9.17) is 0 Å². The summed E-state index contributed by atoms with van der Waals surface area (Å²) in [5.74, 6) is 0.986. The van der Waals surface area contributed by atoms with Gasteiger partial charge in [-0.25, -0.2) is 9.97 Å². The summed E-state index contributed by atoms with van der Waals surface area (Å²) in [6, 6.07) is 0.259. The Morgan fingerprint density at radius 1 is 1.50 bits per heavy atom. The van der Waals surface area contributed by atoms with Crippen LogP contribution in [0.15, 0.2) is 19.0 Å². The highest BCUT2D eigenvalue weighted by molar-refractivity contribution is 5.48. The van der Waals surface area contributed by atoms with Gasteiger partial charge in [-0.05, 0) is 26.2 Å². The summed E-state index contributed by atoms with van der Waals surface area (Å²) in [4.78, 5) is 8.54. The van der Waals surface area contributed by atoms with Gasteiger partial charge in [0.2, 0.25) is 0 Å². The third-order valence-corrected chi connectivity index (χ3v) is 2.59. The summed E-state index contributed by atoms with van der Waals surface area (Å²) in [5, 5.41) is 3.32. The molecule has 3 heteroatoms. The first-order valence-electron chi connectivity index (χ1n) is 5.03. The van der Waals surface area contributed by atoms with Gasteiger partial charge in [0.1, 0.15) is 12.1 Å². The molecule has 1 heterocycles. The van der Waals surface area contributed by atoms with Crippen molar-refractivity contribution >= 4 is 5.82 Å². The maximum atomic E-state index is 4.28. The normalized spacial score (nSPS) is 16.1. The predicted molar refractivity (Wildman–Crippen MR) is 57.3 cm³/mol. The van der Waals surface area contributed by atoms with E-state index in [2.05, 4.69) is 28.8 Å². The Balaban J connectivity index is 2.26. The van der Waals surface area contributed by atoms with Crippen molar-refractivity contribution < 1.29 is 0 Å². The van der Waals surface area contributed by atoms with E-state index < -0.39 is 0 Å². The predicted octanol–water partition coefficient (Wildman–Crippen LogP) is 1.95. The SMILES string of the molecule is C=CC(C)Nc1ncnc2c1CCC2. The van der Waals surface area contributed by atoms with Crippen molar-refractivity contribution in [3.8, 4) is 0 Å². The van der Waals surface area contributed by atoms with E-state index in [1.165, 1.54) is 17.7 Å². The Morgan fingerprint density at radius 2 is 2.36 bits per heavy atom. The Morgan fingerprint density at radius 3 is 3.14 bits per heavy atom. The van der Waals surface area contributed by atoms with Crippen molar-refractivity contribution in [1.29, 1.82) is 0 Å². The summed E-state index contributed by atoms with van der Waals surface area (Å²) >= 11 is 0. The number of hydrogen-bond acceptors (Lipinski definition) is 3. The molecule has 0 fully saturated rings. The molecule has 2 rings (SSSR count). The van der Waals surface area contributed by atoms with Crippen LogP contribution in [0.25, 0.3) is 0 Å². The molecule has 0 spiro atoms. The number of aromatic nitrogens is 2. The summed E-state index contributed by atoms with van der Waals surface area (Å²) in [5.41, 5.74) is 2.50. The highest BCUT2D eigenvalue weighted by Gasteiger charge is 2.17. The number of anilines is 1. The molecule has 0 amide bonds. The largest absolute Gasteiger partial charge is 0.364 e. The maximum Gasteiger partial charge on any atom is 0.133 e. The number of nitrogens with one attached hydrogen (secondary N) is 1. The minimum atomic E-state index is 0.259. The highest BCUT2D eigenvalue weighted by atomic mass is 15.0. The molecule has 3 nitrogen and oxygen atoms in total. The van der Waals surface area contributed by atoms with E-state index >= 15 is 0 Å². The third-order valence-electron chi connectivity index (χ3n) is 2.59. The Kier molecular flexibility index (Phi) is 2.48. The summed E-state index contributed by atoms with van der Waals surface area (Å²) in [7, 11) is 0. The Bertz CT molecular complexity index is 346. The van der Waals surface area contributed by atoms with Crippen molar-refractivity contribution in [2.24, 2.45) is 0 Å². The van der Waals surface area contributed by atoms with Gasteiger partial charge in [0, 0.05) is 17.3 Å². The quantitative estimate of drug-likeness (QED) is 0.738. The minimum Gasteiger partial charge on any atom is -0.364 e. The van der Waals surface area contributed by atoms with Crippen LogP contribution in [-0.2, 0) is 12.8 Å². The van der Waals surface area contributed by atoms with E-state index in [-0.39, 0.29) is 6.04 Å². The van der Waals surface area contributed by atoms with E-state index in [1.54, 1.807) is 6.33 Å². The molecule has 1 N–H and O–H groups in total. The van der Waals surface area contributed by atoms with Gasteiger partial charge in [0.15, 0.2) is 0 Å². The fourth-order valence-electron chi connectivity index (χ4n) is 1.76. The van der Waals surface area contributed by atoms with Crippen molar-refractivity contribution in [3.05, 3.63) is 30.2 Å². The van der Waals surface area contributed by atoms with E-state index in [1.807, 2.05) is 6.08 Å².